The summed E-state index contributed by atoms with van der Waals surface area (Å²) in [7, 11) is -3.66. The molecule has 0 aliphatic carbocycles. The predicted molar refractivity (Wildman–Crippen MR) is 84.1 cm³/mol. The van der Waals surface area contributed by atoms with Crippen molar-refractivity contribution in [2.45, 2.75) is 64.4 Å². The molecule has 0 spiro atoms. The van der Waals surface area contributed by atoms with Crippen LogP contribution in [-0.2, 0) is 25.3 Å². The van der Waals surface area contributed by atoms with Crippen molar-refractivity contribution >= 4 is 16.0 Å². The first-order valence-electron chi connectivity index (χ1n) is 7.73. The number of rotatable bonds is 4. The molecule has 0 amide bonds. The summed E-state index contributed by atoms with van der Waals surface area (Å²) in [5.41, 5.74) is -0.302. The lowest BCUT2D eigenvalue weighted by Gasteiger charge is -2.34. The molecule has 1 aliphatic rings. The maximum Gasteiger partial charge on any atom is 0.324 e. The number of ether oxygens (including phenoxy) is 1. The van der Waals surface area contributed by atoms with Crippen molar-refractivity contribution in [3.8, 4) is 0 Å². The van der Waals surface area contributed by atoms with Crippen LogP contribution in [-0.4, -0.2) is 42.0 Å². The highest BCUT2D eigenvalue weighted by molar-refractivity contribution is 7.88. The lowest BCUT2D eigenvalue weighted by molar-refractivity contribution is -0.160. The Morgan fingerprint density at radius 1 is 1.43 bits per heavy atom. The van der Waals surface area contributed by atoms with Crippen LogP contribution in [0.4, 0.5) is 0 Å². The van der Waals surface area contributed by atoms with Crippen LogP contribution >= 0.6 is 0 Å². The second-order valence-corrected chi connectivity index (χ2v) is 8.76. The van der Waals surface area contributed by atoms with Crippen molar-refractivity contribution in [3.05, 3.63) is 17.5 Å². The second-order valence-electron chi connectivity index (χ2n) is 6.84. The third kappa shape index (κ3) is 4.78. The monoisotopic (exact) mass is 344 g/mol. The van der Waals surface area contributed by atoms with E-state index in [-0.39, 0.29) is 5.75 Å². The number of piperidine rings is 1. The Kier molecular flexibility index (Phi) is 5.15. The normalized spacial score (nSPS) is 20.4. The Hall–Kier alpha value is -1.41. The van der Waals surface area contributed by atoms with E-state index in [0.717, 1.165) is 12.8 Å². The molecule has 0 bridgehead atoms. The fourth-order valence-corrected chi connectivity index (χ4v) is 4.26. The fourth-order valence-electron chi connectivity index (χ4n) is 2.60. The molecule has 1 atom stereocenters. The topological polar surface area (TPSA) is 89.7 Å². The quantitative estimate of drug-likeness (QED) is 0.776. The molecule has 0 N–H and O–H groups in total. The van der Waals surface area contributed by atoms with Crippen LogP contribution in [0, 0.1) is 6.92 Å². The number of hydrogen-bond donors (Lipinski definition) is 0. The molecule has 0 radical (unpaired) electrons. The van der Waals surface area contributed by atoms with E-state index >= 15 is 0 Å². The lowest BCUT2D eigenvalue weighted by atomic mass is 10.0. The van der Waals surface area contributed by atoms with E-state index in [0.29, 0.717) is 24.4 Å². The Morgan fingerprint density at radius 3 is 2.70 bits per heavy atom. The van der Waals surface area contributed by atoms with Gasteiger partial charge in [-0.3, -0.25) is 4.79 Å². The maximum atomic E-state index is 12.7. The number of esters is 1. The first-order chi connectivity index (χ1) is 10.6. The third-order valence-electron chi connectivity index (χ3n) is 3.50. The molecule has 130 valence electrons. The second kappa shape index (κ2) is 6.60. The van der Waals surface area contributed by atoms with Crippen molar-refractivity contribution < 1.29 is 22.5 Å². The van der Waals surface area contributed by atoms with E-state index in [1.165, 1.54) is 4.31 Å². The van der Waals surface area contributed by atoms with E-state index in [1.54, 1.807) is 33.8 Å². The summed E-state index contributed by atoms with van der Waals surface area (Å²) in [5, 5.41) is 3.73. The zero-order valence-electron chi connectivity index (χ0n) is 14.0. The molecule has 0 saturated carbocycles. The first-order valence-corrected chi connectivity index (χ1v) is 9.34. The Labute approximate surface area is 137 Å². The van der Waals surface area contributed by atoms with Crippen LogP contribution in [0.3, 0.4) is 0 Å². The molecule has 2 rings (SSSR count). The van der Waals surface area contributed by atoms with Crippen molar-refractivity contribution in [1.82, 2.24) is 9.46 Å². The van der Waals surface area contributed by atoms with Gasteiger partial charge in [-0.05, 0) is 47.0 Å². The van der Waals surface area contributed by atoms with Gasteiger partial charge in [-0.1, -0.05) is 5.16 Å². The Morgan fingerprint density at radius 2 is 2.13 bits per heavy atom. The summed E-state index contributed by atoms with van der Waals surface area (Å²) in [6, 6.07) is 0.824. The molecule has 1 saturated heterocycles. The van der Waals surface area contributed by atoms with E-state index in [1.807, 2.05) is 0 Å². The number of aryl methyl sites for hydroxylation is 1. The molecule has 23 heavy (non-hydrogen) atoms. The summed E-state index contributed by atoms with van der Waals surface area (Å²) < 4.78 is 36.9. The van der Waals surface area contributed by atoms with E-state index < -0.39 is 27.6 Å². The lowest BCUT2D eigenvalue weighted by Crippen LogP contribution is -2.50. The predicted octanol–water partition coefficient (Wildman–Crippen LogP) is 2.01. The Bertz CT molecular complexity index is 660. The van der Waals surface area contributed by atoms with Crippen molar-refractivity contribution in [2.24, 2.45) is 0 Å². The van der Waals surface area contributed by atoms with Crippen LogP contribution in [0.1, 0.15) is 51.5 Å². The van der Waals surface area contributed by atoms with Gasteiger partial charge in [0.25, 0.3) is 0 Å². The van der Waals surface area contributed by atoms with Crippen LogP contribution in [0.15, 0.2) is 10.6 Å². The standard InChI is InChI=1S/C15H24N2O5S/c1-11-9-12(16-22-11)10-23(19,20)17-8-6-5-7-13(17)14(18)21-15(2,3)4/h9,13H,5-8,10H2,1-4H3/t13-/m0/s1. The van der Waals surface area contributed by atoms with Crippen molar-refractivity contribution in [2.75, 3.05) is 6.54 Å². The highest BCUT2D eigenvalue weighted by Gasteiger charge is 2.39. The van der Waals surface area contributed by atoms with Crippen LogP contribution in [0.5, 0.6) is 0 Å². The summed E-state index contributed by atoms with van der Waals surface area (Å²) in [5.74, 6) is -0.210. The van der Waals surface area contributed by atoms with Gasteiger partial charge in [0.2, 0.25) is 10.0 Å². The van der Waals surface area contributed by atoms with Crippen LogP contribution in [0.2, 0.25) is 0 Å². The maximum absolute atomic E-state index is 12.7. The molecule has 0 unspecified atom stereocenters. The molecular weight excluding hydrogens is 320 g/mol. The first kappa shape index (κ1) is 17.9. The van der Waals surface area contributed by atoms with Gasteiger partial charge >= 0.3 is 5.97 Å². The molecule has 0 aromatic carbocycles. The number of sulfonamides is 1. The minimum atomic E-state index is -3.66. The molecule has 1 aliphatic heterocycles. The van der Waals surface area contributed by atoms with Crippen LogP contribution < -0.4 is 0 Å². The largest absolute Gasteiger partial charge is 0.459 e. The van der Waals surface area contributed by atoms with Gasteiger partial charge in [0, 0.05) is 12.6 Å². The van der Waals surface area contributed by atoms with E-state index in [2.05, 4.69) is 5.16 Å². The van der Waals surface area contributed by atoms with Gasteiger partial charge < -0.3 is 9.26 Å². The highest BCUT2D eigenvalue weighted by atomic mass is 32.2. The highest BCUT2D eigenvalue weighted by Crippen LogP contribution is 2.25. The van der Waals surface area contributed by atoms with Gasteiger partial charge in [-0.2, -0.15) is 4.31 Å². The van der Waals surface area contributed by atoms with Gasteiger partial charge in [-0.25, -0.2) is 8.42 Å². The van der Waals surface area contributed by atoms with E-state index in [9.17, 15) is 13.2 Å². The minimum Gasteiger partial charge on any atom is -0.459 e. The number of carbonyl (C=O) groups is 1. The molecule has 1 fully saturated rings. The summed E-state index contributed by atoms with van der Waals surface area (Å²) >= 11 is 0. The summed E-state index contributed by atoms with van der Waals surface area (Å²) in [6.07, 6.45) is 2.02. The third-order valence-corrected chi connectivity index (χ3v) is 5.31. The molecule has 8 heteroatoms. The van der Waals surface area contributed by atoms with Crippen molar-refractivity contribution in [1.29, 1.82) is 0 Å². The average molecular weight is 344 g/mol. The van der Waals surface area contributed by atoms with Crippen molar-refractivity contribution in [3.63, 3.8) is 0 Å². The smallest absolute Gasteiger partial charge is 0.324 e. The number of nitrogens with zero attached hydrogens (tertiary/aromatic N) is 2. The number of carbonyl (C=O) groups excluding carboxylic acids is 1. The van der Waals surface area contributed by atoms with Gasteiger partial charge in [0.05, 0.1) is 0 Å². The summed E-state index contributed by atoms with van der Waals surface area (Å²) in [6.45, 7) is 7.33. The average Bonchev–Trinajstić information content (AvgIpc) is 2.81. The zero-order valence-corrected chi connectivity index (χ0v) is 14.9. The van der Waals surface area contributed by atoms with Gasteiger partial charge in [0.1, 0.15) is 28.8 Å². The zero-order chi connectivity index (χ0) is 17.3. The van der Waals surface area contributed by atoms with E-state index in [4.69, 9.17) is 9.26 Å². The molecule has 2 heterocycles. The number of aromatic nitrogens is 1. The van der Waals surface area contributed by atoms with Gasteiger partial charge in [-0.15, -0.1) is 0 Å². The Balaban J connectivity index is 2.18. The minimum absolute atomic E-state index is 0.274. The SMILES string of the molecule is Cc1cc(CS(=O)(=O)N2CCCC[C@H]2C(=O)OC(C)(C)C)no1. The molecule has 1 aromatic rings. The molecule has 1 aromatic heterocycles. The molecular formula is C15H24N2O5S. The number of hydrogen-bond acceptors (Lipinski definition) is 6. The van der Waals surface area contributed by atoms with Crippen LogP contribution in [0.25, 0.3) is 0 Å². The summed E-state index contributed by atoms with van der Waals surface area (Å²) in [4.78, 5) is 12.4. The fraction of sp³-hybridized carbons (Fsp3) is 0.733. The van der Waals surface area contributed by atoms with Gasteiger partial charge in [0.15, 0.2) is 0 Å². The molecule has 7 nitrogen and oxygen atoms in total.